The predicted octanol–water partition coefficient (Wildman–Crippen LogP) is 2.37. The maximum atomic E-state index is 5.75. The van der Waals surface area contributed by atoms with Crippen LogP contribution in [0.2, 0.25) is 0 Å². The number of benzene rings is 1. The van der Waals surface area contributed by atoms with Gasteiger partial charge in [0.15, 0.2) is 6.61 Å². The maximum absolute atomic E-state index is 5.75. The molecule has 5 heteroatoms. The number of nitrogens with one attached hydrogen (secondary N) is 1. The smallest absolute Gasteiger partial charge is 0.253 e. The molecule has 0 unspecified atom stereocenters. The van der Waals surface area contributed by atoms with Crippen LogP contribution in [0.1, 0.15) is 29.8 Å². The van der Waals surface area contributed by atoms with Crippen LogP contribution in [0.15, 0.2) is 22.6 Å². The molecular weight excluding hydrogens is 242 g/mol. The molecule has 102 valence electrons. The van der Waals surface area contributed by atoms with E-state index in [2.05, 4.69) is 35.4 Å². The molecular formula is C14H19N3O2. The summed E-state index contributed by atoms with van der Waals surface area (Å²) in [5.41, 5.74) is 2.35. The Labute approximate surface area is 113 Å². The van der Waals surface area contributed by atoms with Gasteiger partial charge in [0.25, 0.3) is 5.89 Å². The zero-order valence-corrected chi connectivity index (χ0v) is 11.6. The molecule has 0 aliphatic carbocycles. The fraction of sp³-hybridized carbons (Fsp3) is 0.429. The number of nitrogens with zero attached hydrogens (tertiary/aromatic N) is 2. The Morgan fingerprint density at radius 3 is 2.79 bits per heavy atom. The molecule has 0 bridgehead atoms. The average molecular weight is 261 g/mol. The quantitative estimate of drug-likeness (QED) is 0.865. The topological polar surface area (TPSA) is 60.2 Å². The van der Waals surface area contributed by atoms with Crippen molar-refractivity contribution in [1.29, 1.82) is 0 Å². The molecule has 1 N–H and O–H groups in total. The van der Waals surface area contributed by atoms with E-state index >= 15 is 0 Å². The van der Waals surface area contributed by atoms with E-state index in [4.69, 9.17) is 9.15 Å². The van der Waals surface area contributed by atoms with Gasteiger partial charge in [-0.15, -0.1) is 10.2 Å². The second-order valence-electron chi connectivity index (χ2n) is 4.40. The molecule has 1 heterocycles. The largest absolute Gasteiger partial charge is 0.483 e. The van der Waals surface area contributed by atoms with E-state index in [1.807, 2.05) is 12.1 Å². The SMILES string of the molecule is CCNCc1cc(C)ccc1OCc1nnc(C)o1. The minimum absolute atomic E-state index is 0.295. The van der Waals surface area contributed by atoms with Crippen molar-refractivity contribution in [2.24, 2.45) is 0 Å². The molecule has 0 radical (unpaired) electrons. The van der Waals surface area contributed by atoms with E-state index in [0.717, 1.165) is 24.4 Å². The van der Waals surface area contributed by atoms with Crippen LogP contribution in [0.25, 0.3) is 0 Å². The second-order valence-corrected chi connectivity index (χ2v) is 4.40. The van der Waals surface area contributed by atoms with Gasteiger partial charge in [0.05, 0.1) is 0 Å². The molecule has 2 aromatic rings. The zero-order chi connectivity index (χ0) is 13.7. The molecule has 2 rings (SSSR count). The number of rotatable bonds is 6. The monoisotopic (exact) mass is 261 g/mol. The Hall–Kier alpha value is -1.88. The van der Waals surface area contributed by atoms with Crippen molar-refractivity contribution >= 4 is 0 Å². The molecule has 1 aromatic heterocycles. The summed E-state index contributed by atoms with van der Waals surface area (Å²) < 4.78 is 11.0. The highest BCUT2D eigenvalue weighted by Crippen LogP contribution is 2.21. The summed E-state index contributed by atoms with van der Waals surface area (Å²) in [5.74, 6) is 1.89. The van der Waals surface area contributed by atoms with Gasteiger partial charge in [-0.05, 0) is 19.5 Å². The van der Waals surface area contributed by atoms with E-state index in [-0.39, 0.29) is 0 Å². The van der Waals surface area contributed by atoms with Crippen LogP contribution in [0, 0.1) is 13.8 Å². The maximum Gasteiger partial charge on any atom is 0.253 e. The molecule has 0 saturated heterocycles. The van der Waals surface area contributed by atoms with Gasteiger partial charge in [-0.25, -0.2) is 0 Å². The fourth-order valence-corrected chi connectivity index (χ4v) is 1.78. The second kappa shape index (κ2) is 6.33. The van der Waals surface area contributed by atoms with Gasteiger partial charge in [0.1, 0.15) is 5.75 Å². The standard InChI is InChI=1S/C14H19N3O2/c1-4-15-8-12-7-10(2)5-6-13(12)18-9-14-17-16-11(3)19-14/h5-7,15H,4,8-9H2,1-3H3. The van der Waals surface area contributed by atoms with Crippen LogP contribution in [0.4, 0.5) is 0 Å². The third-order valence-corrected chi connectivity index (χ3v) is 2.70. The van der Waals surface area contributed by atoms with Gasteiger partial charge in [0.2, 0.25) is 5.89 Å². The Bertz CT molecular complexity index is 537. The highest BCUT2D eigenvalue weighted by atomic mass is 16.5. The Kier molecular flexibility index (Phi) is 4.52. The number of aryl methyl sites for hydroxylation is 2. The molecule has 0 spiro atoms. The number of ether oxygens (including phenoxy) is 1. The van der Waals surface area contributed by atoms with E-state index < -0.39 is 0 Å². The Morgan fingerprint density at radius 2 is 2.11 bits per heavy atom. The molecule has 1 aromatic carbocycles. The van der Waals surface area contributed by atoms with Gasteiger partial charge in [-0.3, -0.25) is 0 Å². The summed E-state index contributed by atoms with van der Waals surface area (Å²) in [5, 5.41) is 11.0. The molecule has 19 heavy (non-hydrogen) atoms. The summed E-state index contributed by atoms with van der Waals surface area (Å²) in [6.07, 6.45) is 0. The summed E-state index contributed by atoms with van der Waals surface area (Å²) in [6, 6.07) is 6.13. The van der Waals surface area contributed by atoms with Gasteiger partial charge >= 0.3 is 0 Å². The first-order valence-corrected chi connectivity index (χ1v) is 6.41. The van der Waals surface area contributed by atoms with Gasteiger partial charge in [-0.2, -0.15) is 0 Å². The molecule has 0 atom stereocenters. The normalized spacial score (nSPS) is 10.7. The third-order valence-electron chi connectivity index (χ3n) is 2.70. The van der Waals surface area contributed by atoms with Crippen molar-refractivity contribution in [3.63, 3.8) is 0 Å². The zero-order valence-electron chi connectivity index (χ0n) is 11.6. The highest BCUT2D eigenvalue weighted by molar-refractivity contribution is 5.36. The van der Waals surface area contributed by atoms with Gasteiger partial charge < -0.3 is 14.5 Å². The van der Waals surface area contributed by atoms with Crippen molar-refractivity contribution in [3.05, 3.63) is 41.1 Å². The van der Waals surface area contributed by atoms with E-state index in [1.54, 1.807) is 6.92 Å². The number of aromatic nitrogens is 2. The van der Waals surface area contributed by atoms with Crippen LogP contribution in [-0.4, -0.2) is 16.7 Å². The first-order chi connectivity index (χ1) is 9.19. The molecule has 0 aliphatic rings. The van der Waals surface area contributed by atoms with Crippen molar-refractivity contribution in [2.45, 2.75) is 33.9 Å². The molecule has 0 aliphatic heterocycles. The lowest BCUT2D eigenvalue weighted by Gasteiger charge is -2.11. The van der Waals surface area contributed by atoms with Crippen LogP contribution in [0.5, 0.6) is 5.75 Å². The van der Waals surface area contributed by atoms with Gasteiger partial charge in [0, 0.05) is 19.0 Å². The third kappa shape index (κ3) is 3.79. The first kappa shape index (κ1) is 13.5. The number of hydrogen-bond donors (Lipinski definition) is 1. The Morgan fingerprint density at radius 1 is 1.26 bits per heavy atom. The van der Waals surface area contributed by atoms with Crippen LogP contribution >= 0.6 is 0 Å². The van der Waals surface area contributed by atoms with Gasteiger partial charge in [-0.1, -0.05) is 24.6 Å². The summed E-state index contributed by atoms with van der Waals surface area (Å²) in [6.45, 7) is 7.92. The van der Waals surface area contributed by atoms with Crippen molar-refractivity contribution in [2.75, 3.05) is 6.54 Å². The van der Waals surface area contributed by atoms with Crippen molar-refractivity contribution in [3.8, 4) is 5.75 Å². The van der Waals surface area contributed by atoms with Crippen molar-refractivity contribution in [1.82, 2.24) is 15.5 Å². The first-order valence-electron chi connectivity index (χ1n) is 6.41. The van der Waals surface area contributed by atoms with Crippen LogP contribution in [-0.2, 0) is 13.2 Å². The van der Waals surface area contributed by atoms with E-state index in [0.29, 0.717) is 18.4 Å². The predicted molar refractivity (Wildman–Crippen MR) is 71.9 cm³/mol. The van der Waals surface area contributed by atoms with Crippen LogP contribution in [0.3, 0.4) is 0 Å². The Balaban J connectivity index is 2.05. The molecule has 0 fully saturated rings. The van der Waals surface area contributed by atoms with Crippen LogP contribution < -0.4 is 10.1 Å². The number of hydrogen-bond acceptors (Lipinski definition) is 5. The minimum Gasteiger partial charge on any atom is -0.483 e. The lowest BCUT2D eigenvalue weighted by molar-refractivity contribution is 0.257. The fourth-order valence-electron chi connectivity index (χ4n) is 1.78. The highest BCUT2D eigenvalue weighted by Gasteiger charge is 2.07. The summed E-state index contributed by atoms with van der Waals surface area (Å²) >= 11 is 0. The van der Waals surface area contributed by atoms with E-state index in [1.165, 1.54) is 5.56 Å². The minimum atomic E-state index is 0.295. The summed E-state index contributed by atoms with van der Waals surface area (Å²) in [7, 11) is 0. The lowest BCUT2D eigenvalue weighted by Crippen LogP contribution is -2.13. The van der Waals surface area contributed by atoms with E-state index in [9.17, 15) is 0 Å². The molecule has 0 amide bonds. The van der Waals surface area contributed by atoms with Crippen molar-refractivity contribution < 1.29 is 9.15 Å². The lowest BCUT2D eigenvalue weighted by atomic mass is 10.1. The molecule has 5 nitrogen and oxygen atoms in total. The average Bonchev–Trinajstić information content (AvgIpc) is 2.81. The summed E-state index contributed by atoms with van der Waals surface area (Å²) in [4.78, 5) is 0. The molecule has 0 saturated carbocycles.